The zero-order chi connectivity index (χ0) is 22.3. The first-order chi connectivity index (χ1) is 14.8. The second kappa shape index (κ2) is 8.05. The summed E-state index contributed by atoms with van der Waals surface area (Å²) in [5, 5.41) is 9.78. The van der Waals surface area contributed by atoms with E-state index in [1.165, 1.54) is 7.11 Å². The molecule has 1 spiro atoms. The summed E-state index contributed by atoms with van der Waals surface area (Å²) in [4.78, 5) is 26.9. The normalized spacial score (nSPS) is 24.3. The molecule has 0 unspecified atom stereocenters. The summed E-state index contributed by atoms with van der Waals surface area (Å²) in [6.45, 7) is 4.14. The third-order valence-electron chi connectivity index (χ3n) is 6.25. The molecule has 2 aliphatic heterocycles. The van der Waals surface area contributed by atoms with Crippen LogP contribution < -0.4 is 25.4 Å². The maximum Gasteiger partial charge on any atom is 0.250 e. The number of rotatable bonds is 5. The highest BCUT2D eigenvalue weighted by Crippen LogP contribution is 2.50. The van der Waals surface area contributed by atoms with E-state index in [1.54, 1.807) is 37.4 Å². The van der Waals surface area contributed by atoms with Gasteiger partial charge in [0.2, 0.25) is 11.8 Å². The molecule has 31 heavy (non-hydrogen) atoms. The predicted molar refractivity (Wildman–Crippen MR) is 120 cm³/mol. The number of fused-ring (bicyclic) bond motifs is 2. The molecular formula is C23H26ClN3O4. The lowest BCUT2D eigenvalue weighted by Crippen LogP contribution is -2.52. The van der Waals surface area contributed by atoms with Gasteiger partial charge in [-0.15, -0.1) is 0 Å². The van der Waals surface area contributed by atoms with Crippen LogP contribution in [0.25, 0.3) is 0 Å². The first-order valence-electron chi connectivity index (χ1n) is 10.2. The van der Waals surface area contributed by atoms with Crippen LogP contribution in [0.4, 0.5) is 11.4 Å². The Morgan fingerprint density at radius 1 is 1.23 bits per heavy atom. The highest BCUT2D eigenvalue weighted by atomic mass is 35.5. The van der Waals surface area contributed by atoms with Gasteiger partial charge in [0.05, 0.1) is 36.5 Å². The number of benzene rings is 2. The number of methoxy groups -OCH3 is 2. The number of anilines is 2. The second-order valence-electron chi connectivity index (χ2n) is 8.26. The zero-order valence-corrected chi connectivity index (χ0v) is 18.7. The van der Waals surface area contributed by atoms with E-state index in [1.807, 2.05) is 6.07 Å². The van der Waals surface area contributed by atoms with Gasteiger partial charge < -0.3 is 20.1 Å². The molecule has 7 nitrogen and oxygen atoms in total. The predicted octanol–water partition coefficient (Wildman–Crippen LogP) is 3.78. The summed E-state index contributed by atoms with van der Waals surface area (Å²) < 4.78 is 10.7. The Morgan fingerprint density at radius 2 is 2.00 bits per heavy atom. The quantitative estimate of drug-likeness (QED) is 0.654. The molecule has 4 rings (SSSR count). The number of ether oxygens (including phenoxy) is 2. The van der Waals surface area contributed by atoms with Crippen LogP contribution in [-0.4, -0.2) is 32.1 Å². The lowest BCUT2D eigenvalue weighted by molar-refractivity contribution is -0.130. The Labute approximate surface area is 186 Å². The summed E-state index contributed by atoms with van der Waals surface area (Å²) in [7, 11) is 3.09. The zero-order valence-electron chi connectivity index (χ0n) is 17.9. The molecule has 0 aliphatic carbocycles. The summed E-state index contributed by atoms with van der Waals surface area (Å²) in [6, 6.07) is 10.5. The second-order valence-corrected chi connectivity index (χ2v) is 8.67. The molecule has 2 aliphatic rings. The largest absolute Gasteiger partial charge is 0.497 e. The van der Waals surface area contributed by atoms with E-state index >= 15 is 0 Å². The van der Waals surface area contributed by atoms with E-state index in [-0.39, 0.29) is 23.8 Å². The monoisotopic (exact) mass is 443 g/mol. The van der Waals surface area contributed by atoms with Crippen LogP contribution in [0.15, 0.2) is 36.4 Å². The summed E-state index contributed by atoms with van der Waals surface area (Å²) >= 11 is 6.35. The number of halogens is 1. The number of hydrogen-bond donors (Lipinski definition) is 3. The van der Waals surface area contributed by atoms with Crippen molar-refractivity contribution < 1.29 is 19.1 Å². The van der Waals surface area contributed by atoms with Gasteiger partial charge in [-0.05, 0) is 30.5 Å². The first kappa shape index (κ1) is 21.5. The van der Waals surface area contributed by atoms with Crippen molar-refractivity contribution in [1.82, 2.24) is 5.32 Å². The SMILES string of the molecule is COc1ccc(OC)c(NC(=O)[C@@H]2C[C@H](C(C)C)N[C@]23C(=O)Nc2c(Cl)cccc23)c1. The van der Waals surface area contributed by atoms with Gasteiger partial charge in [0.1, 0.15) is 17.0 Å². The molecule has 2 heterocycles. The number of carbonyl (C=O) groups excluding carboxylic acids is 2. The number of carbonyl (C=O) groups is 2. The van der Waals surface area contributed by atoms with Crippen LogP contribution in [-0.2, 0) is 15.1 Å². The molecular weight excluding hydrogens is 418 g/mol. The number of para-hydroxylation sites is 1. The van der Waals surface area contributed by atoms with Gasteiger partial charge in [0, 0.05) is 17.7 Å². The lowest BCUT2D eigenvalue weighted by atomic mass is 9.79. The van der Waals surface area contributed by atoms with Crippen LogP contribution >= 0.6 is 11.6 Å². The van der Waals surface area contributed by atoms with Gasteiger partial charge in [0.15, 0.2) is 0 Å². The van der Waals surface area contributed by atoms with E-state index in [9.17, 15) is 9.59 Å². The average molecular weight is 444 g/mol. The van der Waals surface area contributed by atoms with E-state index in [0.29, 0.717) is 39.9 Å². The molecule has 3 atom stereocenters. The maximum absolute atomic E-state index is 13.6. The highest BCUT2D eigenvalue weighted by molar-refractivity contribution is 6.35. The Hall–Kier alpha value is -2.77. The maximum atomic E-state index is 13.6. The van der Waals surface area contributed by atoms with Gasteiger partial charge in [-0.1, -0.05) is 37.6 Å². The van der Waals surface area contributed by atoms with Crippen LogP contribution in [0.3, 0.4) is 0 Å². The van der Waals surface area contributed by atoms with Crippen molar-refractivity contribution in [1.29, 1.82) is 0 Å². The number of hydrogen-bond acceptors (Lipinski definition) is 5. The fraction of sp³-hybridized carbons (Fsp3) is 0.391. The van der Waals surface area contributed by atoms with Crippen molar-refractivity contribution in [3.05, 3.63) is 47.0 Å². The summed E-state index contributed by atoms with van der Waals surface area (Å²) in [6.07, 6.45) is 0.509. The molecule has 2 aromatic carbocycles. The molecule has 2 aromatic rings. The minimum Gasteiger partial charge on any atom is -0.497 e. The third kappa shape index (κ3) is 3.42. The molecule has 0 saturated carbocycles. The topological polar surface area (TPSA) is 88.7 Å². The van der Waals surface area contributed by atoms with E-state index in [4.69, 9.17) is 21.1 Å². The smallest absolute Gasteiger partial charge is 0.250 e. The molecule has 164 valence electrons. The van der Waals surface area contributed by atoms with Gasteiger partial charge in [-0.25, -0.2) is 0 Å². The summed E-state index contributed by atoms with van der Waals surface area (Å²) in [5.74, 6) is 0.148. The Bertz CT molecular complexity index is 1040. The molecule has 3 N–H and O–H groups in total. The number of amides is 2. The minimum absolute atomic E-state index is 0.0152. The molecule has 1 fully saturated rings. The third-order valence-corrected chi connectivity index (χ3v) is 6.56. The Morgan fingerprint density at radius 3 is 2.68 bits per heavy atom. The molecule has 0 radical (unpaired) electrons. The average Bonchev–Trinajstić information content (AvgIpc) is 3.29. The summed E-state index contributed by atoms with van der Waals surface area (Å²) in [5.41, 5.74) is 0.555. The Balaban J connectivity index is 1.76. The van der Waals surface area contributed by atoms with Crippen molar-refractivity contribution in [2.24, 2.45) is 11.8 Å². The molecule has 0 aromatic heterocycles. The van der Waals surface area contributed by atoms with Gasteiger partial charge in [0.25, 0.3) is 0 Å². The lowest BCUT2D eigenvalue weighted by Gasteiger charge is -2.29. The van der Waals surface area contributed by atoms with E-state index in [2.05, 4.69) is 29.8 Å². The van der Waals surface area contributed by atoms with Crippen LogP contribution in [0.1, 0.15) is 25.8 Å². The van der Waals surface area contributed by atoms with Crippen LogP contribution in [0.5, 0.6) is 11.5 Å². The standard InChI is InChI=1S/C23H26ClN3O4/c1-12(2)17-11-15(21(28)25-18-10-13(30-3)8-9-19(18)31-4)23(27-17)14-6-5-7-16(24)20(14)26-22(23)29/h5-10,12,15,17,27H,11H2,1-4H3,(H,25,28)(H,26,29)/t15-,17+,23-/m0/s1. The fourth-order valence-electron chi connectivity index (χ4n) is 4.56. The van der Waals surface area contributed by atoms with Crippen molar-refractivity contribution in [3.8, 4) is 11.5 Å². The van der Waals surface area contributed by atoms with E-state index in [0.717, 1.165) is 0 Å². The van der Waals surface area contributed by atoms with Crippen LogP contribution in [0, 0.1) is 11.8 Å². The minimum atomic E-state index is -1.19. The highest BCUT2D eigenvalue weighted by Gasteiger charge is 2.60. The van der Waals surface area contributed by atoms with Gasteiger partial charge in [-0.2, -0.15) is 0 Å². The van der Waals surface area contributed by atoms with Gasteiger partial charge >= 0.3 is 0 Å². The molecule has 8 heteroatoms. The van der Waals surface area contributed by atoms with Crippen molar-refractivity contribution in [2.75, 3.05) is 24.9 Å². The van der Waals surface area contributed by atoms with Crippen molar-refractivity contribution in [3.63, 3.8) is 0 Å². The first-order valence-corrected chi connectivity index (χ1v) is 10.6. The Kier molecular flexibility index (Phi) is 5.58. The molecule has 2 amide bonds. The molecule has 0 bridgehead atoms. The van der Waals surface area contributed by atoms with Crippen molar-refractivity contribution in [2.45, 2.75) is 31.8 Å². The van der Waals surface area contributed by atoms with Crippen LogP contribution in [0.2, 0.25) is 5.02 Å². The van der Waals surface area contributed by atoms with Gasteiger partial charge in [-0.3, -0.25) is 14.9 Å². The number of nitrogens with one attached hydrogen (secondary N) is 3. The molecule has 1 saturated heterocycles. The fourth-order valence-corrected chi connectivity index (χ4v) is 4.78. The van der Waals surface area contributed by atoms with E-state index < -0.39 is 11.5 Å². The van der Waals surface area contributed by atoms with Crippen molar-refractivity contribution >= 4 is 34.8 Å².